The van der Waals surface area contributed by atoms with Crippen LogP contribution >= 0.6 is 0 Å². The van der Waals surface area contributed by atoms with Crippen LogP contribution in [0.4, 0.5) is 105 Å². The first kappa shape index (κ1) is 75.1. The second-order valence-corrected chi connectivity index (χ2v) is 21.2. The van der Waals surface area contributed by atoms with Crippen LogP contribution in [0.2, 0.25) is 0 Å². The molecule has 4 N–H and O–H groups in total. The lowest BCUT2D eigenvalue weighted by Gasteiger charge is -2.38. The number of alkyl halides is 24. The molecule has 0 bridgehead atoms. The van der Waals surface area contributed by atoms with Gasteiger partial charge in [0.15, 0.2) is 0 Å². The van der Waals surface area contributed by atoms with E-state index in [9.17, 15) is 125 Å². The third-order valence-electron chi connectivity index (χ3n) is 15.7. The highest BCUT2D eigenvalue weighted by molar-refractivity contribution is 5.89. The van der Waals surface area contributed by atoms with E-state index in [4.69, 9.17) is 25.2 Å². The van der Waals surface area contributed by atoms with Crippen molar-refractivity contribution in [3.8, 4) is 11.5 Å². The van der Waals surface area contributed by atoms with Crippen LogP contribution in [0.15, 0.2) is 194 Å². The van der Waals surface area contributed by atoms with Gasteiger partial charge in [-0.05, 0) is 135 Å². The fourth-order valence-electron chi connectivity index (χ4n) is 11.0. The van der Waals surface area contributed by atoms with E-state index in [1.165, 1.54) is 0 Å². The number of carboxylic acid groups (broad SMARTS) is 4. The van der Waals surface area contributed by atoms with Crippen molar-refractivity contribution in [3.63, 3.8) is 0 Å². The van der Waals surface area contributed by atoms with Gasteiger partial charge < -0.3 is 25.2 Å². The Bertz CT molecular complexity index is 3550. The predicted molar refractivity (Wildman–Crippen MR) is 294 cm³/mol. The van der Waals surface area contributed by atoms with Crippen LogP contribution in [0.5, 0.6) is 11.5 Å². The first-order valence-electron chi connectivity index (χ1n) is 26.9. The van der Waals surface area contributed by atoms with Crippen LogP contribution in [0.1, 0.15) is 97.1 Å². The lowest BCUT2D eigenvalue weighted by Crippen LogP contribution is -2.54. The van der Waals surface area contributed by atoms with E-state index < -0.39 is 173 Å². The fraction of sp³-hybridized carbons (Fsp3) is 0.200. The van der Waals surface area contributed by atoms with Gasteiger partial charge >= 0.3 is 73.3 Å². The minimum absolute atomic E-state index is 0.0399. The summed E-state index contributed by atoms with van der Waals surface area (Å²) in [4.78, 5) is 44.4. The SMILES string of the molecule is O=C(O)c1ccc(C(c2ccc(Cc3ccc(C(c4ccc(C(=O)O)cc4)(C(F)(F)F)C(F)(F)F)cc3)cc2)(C(F)(F)F)C(F)(F)F)cc1.O=C(O)c1ccc(C(c2ccc(Oc3ccc(C(c4ccc(C(=O)O)cc4)(C(F)(F)F)C(F)(F)F)cc3)cc2)(C(F)(F)F)C(F)(F)F)cc1. The Kier molecular flexibility index (Phi) is 20.2. The molecule has 0 aliphatic heterocycles. The summed E-state index contributed by atoms with van der Waals surface area (Å²) >= 11 is 0. The zero-order valence-electron chi connectivity index (χ0n) is 48.1. The number of hydrogen-bond donors (Lipinski definition) is 4. The maximum atomic E-state index is 14.4. The molecule has 0 unspecified atom stereocenters. The van der Waals surface area contributed by atoms with Gasteiger partial charge in [-0.3, -0.25) is 0 Å². The van der Waals surface area contributed by atoms with Crippen molar-refractivity contribution in [3.05, 3.63) is 272 Å². The first-order valence-corrected chi connectivity index (χ1v) is 26.9. The van der Waals surface area contributed by atoms with Crippen molar-refractivity contribution in [1.82, 2.24) is 0 Å². The molecule has 8 aromatic carbocycles. The van der Waals surface area contributed by atoms with Gasteiger partial charge in [0.2, 0.25) is 21.7 Å². The van der Waals surface area contributed by atoms with Gasteiger partial charge in [0.1, 0.15) is 11.5 Å². The molecule has 8 aromatic rings. The topological polar surface area (TPSA) is 158 Å². The van der Waals surface area contributed by atoms with Crippen LogP contribution in [-0.4, -0.2) is 93.7 Å². The highest BCUT2D eigenvalue weighted by atomic mass is 19.4. The number of ether oxygens (including phenoxy) is 1. The van der Waals surface area contributed by atoms with Crippen molar-refractivity contribution in [1.29, 1.82) is 0 Å². The quantitative estimate of drug-likeness (QED) is 0.0691. The standard InChI is InChI=1S/C33H20F12O4.C32H18F12O5/c34-30(35,36)28(31(37,38)39,24-13-5-20(6-14-24)26(46)47)22-9-1-18(2-10-22)17-19-3-11-23(12-4-19)29(32(40,41)42,33(43,44)45)25-15-7-21(8-16-25)27(48)49;33-29(34,35)27(30(36,37)38,19-5-1-17(2-6-19)25(45)46)21-9-13-23(14-10-21)49-24-15-11-22(12-16-24)28(31(39,40)41,32(42,43)44)20-7-3-18(4-8-20)26(47)48/h1-16H,17H2,(H,46,47)(H,48,49);1-16H,(H,45,46)(H,47,48). The van der Waals surface area contributed by atoms with Crippen molar-refractivity contribution < 1.29 is 150 Å². The average molecular weight is 1420 g/mol. The Balaban J connectivity index is 0.000000276. The summed E-state index contributed by atoms with van der Waals surface area (Å²) in [5.74, 6) is -7.32. The molecule has 0 aliphatic rings. The van der Waals surface area contributed by atoms with Crippen molar-refractivity contribution >= 4 is 23.9 Å². The van der Waals surface area contributed by atoms with Gasteiger partial charge in [0.25, 0.3) is 0 Å². The molecule has 98 heavy (non-hydrogen) atoms. The molecule has 0 fully saturated rings. The van der Waals surface area contributed by atoms with E-state index in [1.807, 2.05) is 0 Å². The molecule has 9 nitrogen and oxygen atoms in total. The van der Waals surface area contributed by atoms with Gasteiger partial charge in [-0.2, -0.15) is 105 Å². The van der Waals surface area contributed by atoms with Gasteiger partial charge in [-0.1, -0.05) is 121 Å². The second kappa shape index (κ2) is 26.3. The summed E-state index contributed by atoms with van der Waals surface area (Å²) in [7, 11) is 0. The summed E-state index contributed by atoms with van der Waals surface area (Å²) < 4.78 is 351. The van der Waals surface area contributed by atoms with Crippen LogP contribution in [-0.2, 0) is 28.1 Å². The molecule has 0 aliphatic carbocycles. The smallest absolute Gasteiger partial charge is 0.411 e. The second-order valence-electron chi connectivity index (χ2n) is 21.2. The molecule has 0 amide bonds. The predicted octanol–water partition coefficient (Wildman–Crippen LogP) is 19.2. The summed E-state index contributed by atoms with van der Waals surface area (Å²) in [5.41, 5.74) is -31.4. The molecule has 520 valence electrons. The Morgan fingerprint density at radius 1 is 0.224 bits per heavy atom. The van der Waals surface area contributed by atoms with E-state index in [1.54, 1.807) is 0 Å². The van der Waals surface area contributed by atoms with E-state index in [0.717, 1.165) is 24.3 Å². The molecule has 0 spiro atoms. The summed E-state index contributed by atoms with van der Waals surface area (Å²) in [5, 5.41) is 36.0. The van der Waals surface area contributed by atoms with Crippen molar-refractivity contribution in [2.75, 3.05) is 0 Å². The normalized spacial score (nSPS) is 13.3. The van der Waals surface area contributed by atoms with Crippen LogP contribution in [0.3, 0.4) is 0 Å². The summed E-state index contributed by atoms with van der Waals surface area (Å²) in [6.45, 7) is 0. The minimum Gasteiger partial charge on any atom is -0.478 e. The zero-order valence-corrected chi connectivity index (χ0v) is 48.1. The number of carboxylic acids is 4. The Morgan fingerprint density at radius 3 is 0.490 bits per heavy atom. The number of aromatic carboxylic acids is 4. The van der Waals surface area contributed by atoms with Gasteiger partial charge in [-0.15, -0.1) is 0 Å². The van der Waals surface area contributed by atoms with E-state index >= 15 is 0 Å². The largest absolute Gasteiger partial charge is 0.478 e. The number of rotatable bonds is 16. The van der Waals surface area contributed by atoms with E-state index in [0.29, 0.717) is 170 Å². The molecule has 0 saturated carbocycles. The summed E-state index contributed by atoms with van der Waals surface area (Å²) in [6.07, 6.45) is -48.4. The lowest BCUT2D eigenvalue weighted by molar-refractivity contribution is -0.290. The molecule has 8 rings (SSSR count). The number of halogens is 24. The molecule has 0 saturated heterocycles. The molecular formula is C65H38F24O9. The fourth-order valence-corrected chi connectivity index (χ4v) is 11.0. The zero-order chi connectivity index (χ0) is 73.6. The van der Waals surface area contributed by atoms with Crippen molar-refractivity contribution in [2.24, 2.45) is 0 Å². The van der Waals surface area contributed by atoms with Crippen LogP contribution < -0.4 is 4.74 Å². The Labute approximate surface area is 533 Å². The van der Waals surface area contributed by atoms with Gasteiger partial charge in [0.05, 0.1) is 22.3 Å². The number of hydrogen-bond acceptors (Lipinski definition) is 5. The molecular weight excluding hydrogens is 1380 g/mol. The number of benzene rings is 8. The third-order valence-corrected chi connectivity index (χ3v) is 15.7. The van der Waals surface area contributed by atoms with Crippen molar-refractivity contribution in [2.45, 2.75) is 77.5 Å². The third kappa shape index (κ3) is 13.5. The van der Waals surface area contributed by atoms with Gasteiger partial charge in [0, 0.05) is 0 Å². The average Bonchev–Trinajstić information content (AvgIpc) is 0.742. The lowest BCUT2D eigenvalue weighted by atomic mass is 9.72. The maximum Gasteiger partial charge on any atom is 0.411 e. The van der Waals surface area contributed by atoms with E-state index in [-0.39, 0.29) is 17.5 Å². The minimum atomic E-state index is -6.02. The molecule has 0 heterocycles. The maximum absolute atomic E-state index is 14.4. The number of carbonyl (C=O) groups is 4. The van der Waals surface area contributed by atoms with E-state index in [2.05, 4.69) is 0 Å². The van der Waals surface area contributed by atoms with Crippen LogP contribution in [0, 0.1) is 0 Å². The molecule has 0 radical (unpaired) electrons. The Hall–Kier alpha value is -10.2. The summed E-state index contributed by atoms with van der Waals surface area (Å²) in [6, 6.07) is 17.4. The highest BCUT2D eigenvalue weighted by Crippen LogP contribution is 2.61. The molecule has 0 aromatic heterocycles. The highest BCUT2D eigenvalue weighted by Gasteiger charge is 2.76. The molecule has 0 atom stereocenters. The first-order chi connectivity index (χ1) is 45.0. The van der Waals surface area contributed by atoms with Crippen LogP contribution in [0.25, 0.3) is 0 Å². The Morgan fingerprint density at radius 2 is 0.357 bits per heavy atom. The monoisotopic (exact) mass is 1420 g/mol. The van der Waals surface area contributed by atoms with Gasteiger partial charge in [-0.25, -0.2) is 19.2 Å². The molecule has 33 heteroatoms.